The van der Waals surface area contributed by atoms with Gasteiger partial charge in [-0.1, -0.05) is 25.1 Å². The molecule has 2 aliphatic rings. The number of carbonyl (C=O) groups excluding carboxylic acids is 3. The van der Waals surface area contributed by atoms with Gasteiger partial charge < -0.3 is 9.47 Å². The van der Waals surface area contributed by atoms with Gasteiger partial charge in [-0.3, -0.25) is 24.6 Å². The Balaban J connectivity index is 2.15. The van der Waals surface area contributed by atoms with Gasteiger partial charge in [0.25, 0.3) is 0 Å². The summed E-state index contributed by atoms with van der Waals surface area (Å²) < 4.78 is 10.7. The normalized spacial score (nSPS) is 30.5. The molecule has 0 unspecified atom stereocenters. The first-order valence-corrected chi connectivity index (χ1v) is 8.82. The van der Waals surface area contributed by atoms with E-state index in [-0.39, 0.29) is 18.4 Å². The molecule has 0 spiro atoms. The third-order valence-corrected chi connectivity index (χ3v) is 5.55. The van der Waals surface area contributed by atoms with Crippen LogP contribution in [0.3, 0.4) is 0 Å². The lowest BCUT2D eigenvalue weighted by Crippen LogP contribution is -2.55. The van der Waals surface area contributed by atoms with Crippen LogP contribution in [0.1, 0.15) is 31.9 Å². The first-order chi connectivity index (χ1) is 12.4. The summed E-state index contributed by atoms with van der Waals surface area (Å²) in [5, 5.41) is 3.29. The fraction of sp³-hybridized carbons (Fsp3) is 0.526. The Bertz CT molecular complexity index is 749. The van der Waals surface area contributed by atoms with Gasteiger partial charge >= 0.3 is 5.97 Å². The number of likely N-dealkylation sites (tertiary alicyclic amines) is 1. The van der Waals surface area contributed by atoms with Crippen molar-refractivity contribution in [1.82, 2.24) is 10.2 Å². The van der Waals surface area contributed by atoms with Crippen molar-refractivity contribution in [2.24, 2.45) is 11.8 Å². The van der Waals surface area contributed by atoms with Crippen LogP contribution in [0.5, 0.6) is 5.75 Å². The minimum atomic E-state index is -1.23. The maximum absolute atomic E-state index is 12.8. The molecule has 2 heterocycles. The van der Waals surface area contributed by atoms with Crippen molar-refractivity contribution in [3.8, 4) is 5.75 Å². The Morgan fingerprint density at radius 2 is 1.92 bits per heavy atom. The van der Waals surface area contributed by atoms with Crippen LogP contribution in [-0.4, -0.2) is 49.0 Å². The highest BCUT2D eigenvalue weighted by Gasteiger charge is 2.67. The van der Waals surface area contributed by atoms with Crippen LogP contribution in [-0.2, 0) is 19.1 Å². The molecule has 2 fully saturated rings. The minimum absolute atomic E-state index is 0.205. The van der Waals surface area contributed by atoms with Crippen LogP contribution >= 0.6 is 0 Å². The van der Waals surface area contributed by atoms with Crippen LogP contribution < -0.4 is 10.1 Å². The predicted molar refractivity (Wildman–Crippen MR) is 93.3 cm³/mol. The molecule has 1 aromatic rings. The second-order valence-electron chi connectivity index (χ2n) is 6.65. The van der Waals surface area contributed by atoms with Crippen molar-refractivity contribution in [3.63, 3.8) is 0 Å². The lowest BCUT2D eigenvalue weighted by molar-refractivity contribution is -0.156. The number of esters is 1. The highest BCUT2D eigenvalue weighted by Crippen LogP contribution is 2.51. The van der Waals surface area contributed by atoms with Gasteiger partial charge in [0.2, 0.25) is 11.8 Å². The predicted octanol–water partition coefficient (Wildman–Crippen LogP) is 1.28. The van der Waals surface area contributed by atoms with Crippen LogP contribution in [0.15, 0.2) is 24.3 Å². The van der Waals surface area contributed by atoms with Crippen molar-refractivity contribution < 1.29 is 23.9 Å². The summed E-state index contributed by atoms with van der Waals surface area (Å²) >= 11 is 0. The monoisotopic (exact) mass is 360 g/mol. The molecule has 140 valence electrons. The van der Waals surface area contributed by atoms with Crippen LogP contribution in [0.25, 0.3) is 0 Å². The summed E-state index contributed by atoms with van der Waals surface area (Å²) in [5.74, 6) is -1.99. The van der Waals surface area contributed by atoms with E-state index < -0.39 is 29.4 Å². The van der Waals surface area contributed by atoms with Gasteiger partial charge in [0.15, 0.2) is 0 Å². The van der Waals surface area contributed by atoms with Crippen molar-refractivity contribution in [2.45, 2.75) is 31.8 Å². The first kappa shape index (κ1) is 18.4. The van der Waals surface area contributed by atoms with Gasteiger partial charge in [-0.15, -0.1) is 0 Å². The van der Waals surface area contributed by atoms with E-state index >= 15 is 0 Å². The third kappa shape index (κ3) is 2.41. The van der Waals surface area contributed by atoms with E-state index in [9.17, 15) is 14.4 Å². The molecule has 7 heteroatoms. The molecule has 1 aromatic carbocycles. The van der Waals surface area contributed by atoms with Crippen LogP contribution in [0, 0.1) is 11.8 Å². The number of para-hydroxylation sites is 1. The number of amides is 2. The molecule has 2 amide bonds. The Kier molecular flexibility index (Phi) is 4.75. The number of hydrogen-bond donors (Lipinski definition) is 1. The molecular formula is C19H24N2O5. The van der Waals surface area contributed by atoms with Crippen LogP contribution in [0.2, 0.25) is 0 Å². The zero-order valence-electron chi connectivity index (χ0n) is 15.4. The summed E-state index contributed by atoms with van der Waals surface area (Å²) in [4.78, 5) is 39.6. The average Bonchev–Trinajstić information content (AvgIpc) is 3.12. The molecule has 2 aliphatic heterocycles. The number of rotatable bonds is 5. The Hall–Kier alpha value is -2.41. The van der Waals surface area contributed by atoms with E-state index in [0.29, 0.717) is 12.2 Å². The largest absolute Gasteiger partial charge is 0.496 e. The molecule has 2 saturated heterocycles. The number of hydrogen-bond acceptors (Lipinski definition) is 6. The molecule has 0 saturated carbocycles. The fourth-order valence-electron chi connectivity index (χ4n) is 4.25. The smallest absolute Gasteiger partial charge is 0.327 e. The number of imide groups is 1. The van der Waals surface area contributed by atoms with Gasteiger partial charge in [-0.25, -0.2) is 0 Å². The molecular weight excluding hydrogens is 336 g/mol. The van der Waals surface area contributed by atoms with Gasteiger partial charge in [-0.2, -0.15) is 0 Å². The van der Waals surface area contributed by atoms with Gasteiger partial charge in [0.1, 0.15) is 11.3 Å². The maximum atomic E-state index is 12.8. The number of nitrogens with zero attached hydrogens (tertiary/aromatic N) is 1. The number of methoxy groups -OCH3 is 1. The topological polar surface area (TPSA) is 84.9 Å². The zero-order valence-corrected chi connectivity index (χ0v) is 15.4. The maximum Gasteiger partial charge on any atom is 0.327 e. The molecule has 4 atom stereocenters. The molecule has 0 radical (unpaired) electrons. The molecule has 7 nitrogen and oxygen atoms in total. The lowest BCUT2D eigenvalue weighted by Gasteiger charge is -2.31. The molecule has 26 heavy (non-hydrogen) atoms. The number of benzene rings is 1. The first-order valence-electron chi connectivity index (χ1n) is 8.82. The van der Waals surface area contributed by atoms with E-state index in [1.165, 1.54) is 7.05 Å². The molecule has 1 N–H and O–H groups in total. The number of ether oxygens (including phenoxy) is 2. The standard InChI is InChI=1S/C19H24N2O5/c1-5-19(18(24)26-6-2)14-13(16(22)21(3)17(14)23)15(20-19)11-9-7-8-10-12(11)25-4/h7-10,13-15,20H,5-6H2,1-4H3/t13-,14-,15+,19+/m0/s1. The molecule has 0 aromatic heterocycles. The summed E-state index contributed by atoms with van der Waals surface area (Å²) in [6.45, 7) is 3.75. The summed E-state index contributed by atoms with van der Waals surface area (Å²) in [5.41, 5.74) is -0.481. The summed E-state index contributed by atoms with van der Waals surface area (Å²) in [7, 11) is 3.02. The quantitative estimate of drug-likeness (QED) is 0.629. The van der Waals surface area contributed by atoms with E-state index in [1.807, 2.05) is 25.1 Å². The third-order valence-electron chi connectivity index (χ3n) is 5.55. The van der Waals surface area contributed by atoms with Crippen molar-refractivity contribution in [3.05, 3.63) is 29.8 Å². The van der Waals surface area contributed by atoms with E-state index in [1.54, 1.807) is 20.1 Å². The van der Waals surface area contributed by atoms with Crippen molar-refractivity contribution in [2.75, 3.05) is 20.8 Å². The summed E-state index contributed by atoms with van der Waals surface area (Å²) in [6, 6.07) is 6.81. The van der Waals surface area contributed by atoms with Gasteiger partial charge in [0, 0.05) is 18.7 Å². The highest BCUT2D eigenvalue weighted by atomic mass is 16.5. The fourth-order valence-corrected chi connectivity index (χ4v) is 4.25. The van der Waals surface area contributed by atoms with Crippen molar-refractivity contribution >= 4 is 17.8 Å². The number of fused-ring (bicyclic) bond motifs is 1. The number of nitrogens with one attached hydrogen (secondary N) is 1. The minimum Gasteiger partial charge on any atom is -0.496 e. The zero-order chi connectivity index (χ0) is 19.1. The van der Waals surface area contributed by atoms with E-state index in [4.69, 9.17) is 9.47 Å². The van der Waals surface area contributed by atoms with Crippen molar-refractivity contribution in [1.29, 1.82) is 0 Å². The SMILES string of the molecule is CCOC(=O)[C@]1(CC)N[C@H](c2ccccc2OC)[C@H]2C(=O)N(C)C(=O)[C@H]21. The molecule has 0 bridgehead atoms. The lowest BCUT2D eigenvalue weighted by atomic mass is 9.78. The van der Waals surface area contributed by atoms with E-state index in [2.05, 4.69) is 5.32 Å². The molecule has 3 rings (SSSR count). The Morgan fingerprint density at radius 1 is 1.23 bits per heavy atom. The number of carbonyl (C=O) groups is 3. The average molecular weight is 360 g/mol. The summed E-state index contributed by atoms with van der Waals surface area (Å²) in [6.07, 6.45) is 0.339. The van der Waals surface area contributed by atoms with Gasteiger partial charge in [-0.05, 0) is 19.4 Å². The van der Waals surface area contributed by atoms with E-state index in [0.717, 1.165) is 10.5 Å². The van der Waals surface area contributed by atoms with Crippen LogP contribution in [0.4, 0.5) is 0 Å². The Labute approximate surface area is 152 Å². The molecule has 0 aliphatic carbocycles. The van der Waals surface area contributed by atoms with Gasteiger partial charge in [0.05, 0.1) is 25.6 Å². The Morgan fingerprint density at radius 3 is 2.54 bits per heavy atom. The second-order valence-corrected chi connectivity index (χ2v) is 6.65. The second kappa shape index (κ2) is 6.72. The highest BCUT2D eigenvalue weighted by molar-refractivity contribution is 6.09.